The van der Waals surface area contributed by atoms with E-state index in [4.69, 9.17) is 4.98 Å². The second kappa shape index (κ2) is 8.00. The number of nitrogens with zero attached hydrogens (tertiary/aromatic N) is 2. The van der Waals surface area contributed by atoms with Crippen LogP contribution in [-0.2, 0) is 4.79 Å². The van der Waals surface area contributed by atoms with Gasteiger partial charge >= 0.3 is 0 Å². The fourth-order valence-corrected chi connectivity index (χ4v) is 6.65. The van der Waals surface area contributed by atoms with Gasteiger partial charge in [0.15, 0.2) is 4.34 Å². The van der Waals surface area contributed by atoms with Gasteiger partial charge in [0.2, 0.25) is 5.91 Å². The van der Waals surface area contributed by atoms with Gasteiger partial charge in [-0.1, -0.05) is 51.6 Å². The number of thioether (sulfide) groups is 1. The second-order valence-corrected chi connectivity index (χ2v) is 10.0. The number of hydrogen-bond acceptors (Lipinski definition) is 4. The first-order valence-corrected chi connectivity index (χ1v) is 11.7. The molecule has 1 aromatic heterocycles. The quantitative estimate of drug-likeness (QED) is 0.386. The third-order valence-corrected chi connectivity index (χ3v) is 7.91. The summed E-state index contributed by atoms with van der Waals surface area (Å²) in [4.78, 5) is 19.2. The molecular weight excluding hydrogens is 379 g/mol. The molecule has 0 bridgehead atoms. The van der Waals surface area contributed by atoms with Crippen LogP contribution in [0.4, 0.5) is 0 Å². The minimum atomic E-state index is 0.157. The van der Waals surface area contributed by atoms with Gasteiger partial charge in [-0.2, -0.15) is 0 Å². The SMILES string of the molecule is CC.CC1=C(CSc2nc3ccccc3s2)[C@H](C)[C@@H]2[C@@H]([C@@H](C)P)C(=O)N12. The molecule has 1 amide bonds. The summed E-state index contributed by atoms with van der Waals surface area (Å²) in [5.74, 6) is 1.82. The molecule has 2 aromatic rings. The number of fused-ring (bicyclic) bond motifs is 2. The van der Waals surface area contributed by atoms with Crippen LogP contribution in [0.25, 0.3) is 10.2 Å². The van der Waals surface area contributed by atoms with Gasteiger partial charge in [-0.3, -0.25) is 4.79 Å². The molecule has 140 valence electrons. The predicted molar refractivity (Wildman–Crippen MR) is 117 cm³/mol. The Hall–Kier alpha value is -0.900. The summed E-state index contributed by atoms with van der Waals surface area (Å²) in [6.07, 6.45) is 0. The summed E-state index contributed by atoms with van der Waals surface area (Å²) in [5.41, 5.74) is 4.00. The lowest BCUT2D eigenvalue weighted by atomic mass is 9.79. The van der Waals surface area contributed by atoms with Crippen molar-refractivity contribution in [2.45, 2.75) is 50.7 Å². The molecular formula is C20H27N2OPS2. The minimum Gasteiger partial charge on any atom is -0.312 e. The van der Waals surface area contributed by atoms with Gasteiger partial charge in [0.25, 0.3) is 0 Å². The zero-order chi connectivity index (χ0) is 19.0. The standard InChI is InChI=1S/C18H21N2OPS2.C2H6/c1-9-12(10(2)20-16(9)15(11(3)22)17(20)21)8-23-18-19-13-6-4-5-7-14(13)24-18;1-2/h4-7,9,11,15-16H,8,22H2,1-3H3;1-2H3/t9-,11+,15+,16+;/m0./s1. The Morgan fingerprint density at radius 2 is 2.04 bits per heavy atom. The van der Waals surface area contributed by atoms with Crippen molar-refractivity contribution in [2.75, 3.05) is 5.75 Å². The molecule has 6 heteroatoms. The molecule has 0 aliphatic carbocycles. The minimum absolute atomic E-state index is 0.157. The van der Waals surface area contributed by atoms with Crippen molar-refractivity contribution in [1.82, 2.24) is 9.88 Å². The lowest BCUT2D eigenvalue weighted by molar-refractivity contribution is -0.152. The highest BCUT2D eigenvalue weighted by Gasteiger charge is 2.56. The van der Waals surface area contributed by atoms with E-state index in [2.05, 4.69) is 48.2 Å². The topological polar surface area (TPSA) is 33.2 Å². The Balaban J connectivity index is 0.000000948. The number of rotatable bonds is 4. The van der Waals surface area contributed by atoms with Crippen LogP contribution in [0.3, 0.4) is 0 Å². The van der Waals surface area contributed by atoms with Crippen LogP contribution >= 0.6 is 32.3 Å². The number of hydrogen-bond donors (Lipinski definition) is 0. The molecule has 2 aliphatic rings. The van der Waals surface area contributed by atoms with Gasteiger partial charge in [-0.15, -0.1) is 20.6 Å². The van der Waals surface area contributed by atoms with Gasteiger partial charge in [0, 0.05) is 17.4 Å². The molecule has 0 radical (unpaired) electrons. The van der Waals surface area contributed by atoms with Crippen molar-refractivity contribution < 1.29 is 4.79 Å². The van der Waals surface area contributed by atoms with E-state index in [1.54, 1.807) is 23.1 Å². The van der Waals surface area contributed by atoms with Crippen LogP contribution < -0.4 is 0 Å². The van der Waals surface area contributed by atoms with Crippen molar-refractivity contribution in [1.29, 1.82) is 0 Å². The predicted octanol–water partition coefficient (Wildman–Crippen LogP) is 5.43. The Bertz CT molecular complexity index is 812. The summed E-state index contributed by atoms with van der Waals surface area (Å²) in [7, 11) is 2.81. The van der Waals surface area contributed by atoms with E-state index in [9.17, 15) is 4.79 Å². The van der Waals surface area contributed by atoms with Gasteiger partial charge in [-0.05, 0) is 30.3 Å². The average Bonchev–Trinajstić information content (AvgIpc) is 3.11. The highest BCUT2D eigenvalue weighted by Crippen LogP contribution is 2.49. The van der Waals surface area contributed by atoms with E-state index in [-0.39, 0.29) is 5.92 Å². The first-order chi connectivity index (χ1) is 12.5. The summed E-state index contributed by atoms with van der Waals surface area (Å²) in [6.45, 7) is 10.5. The molecule has 26 heavy (non-hydrogen) atoms. The third kappa shape index (κ3) is 3.23. The maximum Gasteiger partial charge on any atom is 0.232 e. The number of β-lactam (4-membered cyclic amide) rings is 1. The largest absolute Gasteiger partial charge is 0.312 e. The van der Waals surface area contributed by atoms with Crippen LogP contribution in [0.15, 0.2) is 39.9 Å². The molecule has 2 aliphatic heterocycles. The monoisotopic (exact) mass is 406 g/mol. The number of amides is 1. The first kappa shape index (κ1) is 19.9. The molecule has 0 N–H and O–H groups in total. The molecule has 1 fully saturated rings. The lowest BCUT2D eigenvalue weighted by Crippen LogP contribution is -2.61. The summed E-state index contributed by atoms with van der Waals surface area (Å²) < 4.78 is 2.35. The second-order valence-electron chi connectivity index (χ2n) is 6.72. The van der Waals surface area contributed by atoms with Crippen LogP contribution in [0.1, 0.15) is 34.6 Å². The van der Waals surface area contributed by atoms with Crippen molar-refractivity contribution in [3.63, 3.8) is 0 Å². The number of carbonyl (C=O) groups is 1. The highest BCUT2D eigenvalue weighted by atomic mass is 32.2. The van der Waals surface area contributed by atoms with Crippen LogP contribution in [0.5, 0.6) is 0 Å². The van der Waals surface area contributed by atoms with Crippen molar-refractivity contribution >= 4 is 48.5 Å². The summed E-state index contributed by atoms with van der Waals surface area (Å²) in [6, 6.07) is 8.63. The van der Waals surface area contributed by atoms with Gasteiger partial charge < -0.3 is 4.90 Å². The van der Waals surface area contributed by atoms with Gasteiger partial charge in [-0.25, -0.2) is 4.98 Å². The van der Waals surface area contributed by atoms with E-state index >= 15 is 0 Å². The fourth-order valence-electron chi connectivity index (χ4n) is 3.97. The molecule has 3 nitrogen and oxygen atoms in total. The normalized spacial score (nSPS) is 25.7. The molecule has 5 atom stereocenters. The Labute approximate surface area is 166 Å². The van der Waals surface area contributed by atoms with E-state index in [1.807, 2.05) is 24.8 Å². The zero-order valence-corrected chi connectivity index (χ0v) is 18.8. The first-order valence-electron chi connectivity index (χ1n) is 9.25. The lowest BCUT2D eigenvalue weighted by Gasteiger charge is -2.47. The van der Waals surface area contributed by atoms with Crippen LogP contribution in [0, 0.1) is 11.8 Å². The number of aromatic nitrogens is 1. The number of thiazole rings is 1. The molecule has 0 spiro atoms. The van der Waals surface area contributed by atoms with Crippen molar-refractivity contribution in [2.24, 2.45) is 11.8 Å². The number of benzene rings is 1. The average molecular weight is 407 g/mol. The van der Waals surface area contributed by atoms with Gasteiger partial charge in [0.05, 0.1) is 22.2 Å². The number of allylic oxidation sites excluding steroid dienone is 1. The van der Waals surface area contributed by atoms with Crippen molar-refractivity contribution in [3.8, 4) is 0 Å². The summed E-state index contributed by atoms with van der Waals surface area (Å²) >= 11 is 3.55. The van der Waals surface area contributed by atoms with E-state index in [1.165, 1.54) is 16.0 Å². The Morgan fingerprint density at radius 3 is 2.69 bits per heavy atom. The maximum atomic E-state index is 12.4. The van der Waals surface area contributed by atoms with Crippen LogP contribution in [0.2, 0.25) is 0 Å². The van der Waals surface area contributed by atoms with Gasteiger partial charge in [0.1, 0.15) is 0 Å². The molecule has 0 saturated carbocycles. The number of para-hydroxylation sites is 1. The molecule has 4 rings (SSSR count). The van der Waals surface area contributed by atoms with E-state index in [0.717, 1.165) is 15.6 Å². The smallest absolute Gasteiger partial charge is 0.232 e. The fraction of sp³-hybridized carbons (Fsp3) is 0.500. The summed E-state index contributed by atoms with van der Waals surface area (Å²) in [5, 5.41) is 0. The highest BCUT2D eigenvalue weighted by molar-refractivity contribution is 8.01. The van der Waals surface area contributed by atoms with Crippen molar-refractivity contribution in [3.05, 3.63) is 35.5 Å². The maximum absolute atomic E-state index is 12.4. The molecule has 1 aromatic carbocycles. The van der Waals surface area contributed by atoms with Crippen LogP contribution in [-0.4, -0.2) is 33.2 Å². The molecule has 3 heterocycles. The van der Waals surface area contributed by atoms with E-state index < -0.39 is 0 Å². The Kier molecular flexibility index (Phi) is 6.11. The van der Waals surface area contributed by atoms with E-state index in [0.29, 0.717) is 23.5 Å². The Morgan fingerprint density at radius 1 is 1.35 bits per heavy atom. The third-order valence-electron chi connectivity index (χ3n) is 5.27. The molecule has 1 unspecified atom stereocenters. The number of carbonyl (C=O) groups excluding carboxylic acids is 1. The molecule has 1 saturated heterocycles. The zero-order valence-electron chi connectivity index (χ0n) is 16.0.